The summed E-state index contributed by atoms with van der Waals surface area (Å²) in [5.41, 5.74) is 0. The van der Waals surface area contributed by atoms with Gasteiger partial charge in [0, 0.05) is 6.42 Å². The predicted octanol–water partition coefficient (Wildman–Crippen LogP) is 7.67. The van der Waals surface area contributed by atoms with Crippen LogP contribution in [0.25, 0.3) is 0 Å². The molecule has 2 unspecified atom stereocenters. The Balaban J connectivity index is 3.53. The van der Waals surface area contributed by atoms with Crippen LogP contribution in [0.3, 0.4) is 0 Å². The molecule has 0 fully saturated rings. The first kappa shape index (κ1) is 28.9. The fourth-order valence-electron chi connectivity index (χ4n) is 3.85. The zero-order valence-electron chi connectivity index (χ0n) is 20.2. The number of nitrogens with zero attached hydrogens (tertiary/aromatic N) is 1. The van der Waals surface area contributed by atoms with Gasteiger partial charge in [0.25, 0.3) is 0 Å². The Bertz CT molecular complexity index is 446. The van der Waals surface area contributed by atoms with Crippen LogP contribution in [-0.2, 0) is 9.09 Å². The first-order valence-electron chi connectivity index (χ1n) is 12.2. The molecule has 0 aromatic heterocycles. The van der Waals surface area contributed by atoms with Crippen LogP contribution in [0.15, 0.2) is 12.2 Å². The SMILES string of the molecule is CCCCCCCC=CCCCCCCCCCOP(=O)(O)C(CC)[N+](C)(C)C. The van der Waals surface area contributed by atoms with Crippen molar-refractivity contribution in [2.24, 2.45) is 0 Å². The van der Waals surface area contributed by atoms with E-state index in [9.17, 15) is 9.46 Å². The third kappa shape index (κ3) is 16.2. The minimum absolute atomic E-state index is 0.349. The molecule has 174 valence electrons. The van der Waals surface area contributed by atoms with Crippen LogP contribution in [0.2, 0.25) is 0 Å². The zero-order valence-corrected chi connectivity index (χ0v) is 21.1. The molecule has 0 bridgehead atoms. The molecule has 0 aromatic rings. The summed E-state index contributed by atoms with van der Waals surface area (Å²) < 4.78 is 18.3. The quantitative estimate of drug-likeness (QED) is 0.0929. The van der Waals surface area contributed by atoms with Gasteiger partial charge in [-0.1, -0.05) is 83.8 Å². The van der Waals surface area contributed by atoms with E-state index in [0.717, 1.165) is 12.8 Å². The van der Waals surface area contributed by atoms with E-state index in [1.165, 1.54) is 77.0 Å². The predicted molar refractivity (Wildman–Crippen MR) is 127 cm³/mol. The van der Waals surface area contributed by atoms with Gasteiger partial charge in [-0.15, -0.1) is 0 Å². The van der Waals surface area contributed by atoms with E-state index in [1.807, 2.05) is 28.1 Å². The van der Waals surface area contributed by atoms with E-state index < -0.39 is 7.60 Å². The molecule has 2 atom stereocenters. The van der Waals surface area contributed by atoms with Gasteiger partial charge in [0.05, 0.1) is 27.7 Å². The van der Waals surface area contributed by atoms with Crippen LogP contribution in [-0.4, -0.2) is 42.9 Å². The lowest BCUT2D eigenvalue weighted by Gasteiger charge is -2.35. The number of hydrogen-bond donors (Lipinski definition) is 1. The average Bonchev–Trinajstić information content (AvgIpc) is 2.63. The van der Waals surface area contributed by atoms with Gasteiger partial charge in [-0.3, -0.25) is 4.57 Å². The van der Waals surface area contributed by atoms with Crippen LogP contribution in [0, 0.1) is 0 Å². The van der Waals surface area contributed by atoms with Gasteiger partial charge < -0.3 is 13.9 Å². The molecule has 29 heavy (non-hydrogen) atoms. The summed E-state index contributed by atoms with van der Waals surface area (Å²) in [6, 6.07) is 0. The van der Waals surface area contributed by atoms with Crippen molar-refractivity contribution < 1.29 is 18.5 Å². The second kappa shape index (κ2) is 17.5. The van der Waals surface area contributed by atoms with E-state index in [4.69, 9.17) is 4.52 Å². The van der Waals surface area contributed by atoms with Crippen molar-refractivity contribution in [2.45, 2.75) is 116 Å². The Morgan fingerprint density at radius 3 is 1.69 bits per heavy atom. The third-order valence-electron chi connectivity index (χ3n) is 5.57. The van der Waals surface area contributed by atoms with Gasteiger partial charge in [-0.05, 0) is 32.1 Å². The summed E-state index contributed by atoms with van der Waals surface area (Å²) in [6.07, 6.45) is 23.0. The molecular formula is C24H51NO3P+. The molecule has 0 amide bonds. The fraction of sp³-hybridized carbons (Fsp3) is 0.917. The molecule has 0 spiro atoms. The maximum Gasteiger partial charge on any atom is 0.385 e. The summed E-state index contributed by atoms with van der Waals surface area (Å²) in [7, 11) is 2.30. The molecular weight excluding hydrogens is 381 g/mol. The Labute approximate surface area is 182 Å². The lowest BCUT2D eigenvalue weighted by molar-refractivity contribution is -0.883. The summed E-state index contributed by atoms with van der Waals surface area (Å²) >= 11 is 0. The van der Waals surface area contributed by atoms with E-state index in [2.05, 4.69) is 19.1 Å². The van der Waals surface area contributed by atoms with Crippen molar-refractivity contribution >= 4 is 7.60 Å². The van der Waals surface area contributed by atoms with Crippen molar-refractivity contribution in [3.05, 3.63) is 12.2 Å². The van der Waals surface area contributed by atoms with Crippen LogP contribution in [0.4, 0.5) is 0 Å². The fourth-order valence-corrected chi connectivity index (χ4v) is 5.75. The van der Waals surface area contributed by atoms with Gasteiger partial charge in [0.15, 0.2) is 5.78 Å². The smallest absolute Gasteiger partial charge is 0.320 e. The minimum Gasteiger partial charge on any atom is -0.320 e. The lowest BCUT2D eigenvalue weighted by Crippen LogP contribution is -2.44. The largest absolute Gasteiger partial charge is 0.385 e. The summed E-state index contributed by atoms with van der Waals surface area (Å²) in [5, 5.41) is 0. The summed E-state index contributed by atoms with van der Waals surface area (Å²) in [6.45, 7) is 4.61. The number of unbranched alkanes of at least 4 members (excludes halogenated alkanes) is 12. The maximum atomic E-state index is 12.5. The second-order valence-corrected chi connectivity index (χ2v) is 11.3. The first-order chi connectivity index (χ1) is 13.8. The van der Waals surface area contributed by atoms with Gasteiger partial charge in [-0.25, -0.2) is 0 Å². The van der Waals surface area contributed by atoms with Gasteiger partial charge >= 0.3 is 7.60 Å². The lowest BCUT2D eigenvalue weighted by atomic mass is 10.1. The molecule has 0 radical (unpaired) electrons. The van der Waals surface area contributed by atoms with Gasteiger partial charge in [0.2, 0.25) is 0 Å². The highest BCUT2D eigenvalue weighted by atomic mass is 31.2. The minimum atomic E-state index is -3.55. The number of quaternary nitrogens is 1. The molecule has 0 aliphatic rings. The highest BCUT2D eigenvalue weighted by molar-refractivity contribution is 7.53. The number of allylic oxidation sites excluding steroid dienone is 2. The molecule has 0 aliphatic heterocycles. The molecule has 1 N–H and O–H groups in total. The molecule has 4 nitrogen and oxygen atoms in total. The van der Waals surface area contributed by atoms with Crippen LogP contribution in [0.5, 0.6) is 0 Å². The average molecular weight is 433 g/mol. The second-order valence-electron chi connectivity index (χ2n) is 9.34. The molecule has 5 heteroatoms. The first-order valence-corrected chi connectivity index (χ1v) is 13.8. The Morgan fingerprint density at radius 1 is 0.793 bits per heavy atom. The molecule has 0 saturated carbocycles. The van der Waals surface area contributed by atoms with Crippen molar-refractivity contribution in [1.29, 1.82) is 0 Å². The molecule has 0 saturated heterocycles. The van der Waals surface area contributed by atoms with Crippen LogP contribution < -0.4 is 0 Å². The Kier molecular flexibility index (Phi) is 17.4. The van der Waals surface area contributed by atoms with E-state index in [1.54, 1.807) is 0 Å². The third-order valence-corrected chi connectivity index (χ3v) is 7.93. The molecule has 0 heterocycles. The van der Waals surface area contributed by atoms with E-state index in [-0.39, 0.29) is 5.78 Å². The number of hydrogen-bond acceptors (Lipinski definition) is 2. The monoisotopic (exact) mass is 432 g/mol. The molecule has 0 rings (SSSR count). The maximum absolute atomic E-state index is 12.5. The summed E-state index contributed by atoms with van der Waals surface area (Å²) in [5.74, 6) is -0.349. The van der Waals surface area contributed by atoms with Crippen molar-refractivity contribution in [3.8, 4) is 0 Å². The number of rotatable bonds is 20. The highest BCUT2D eigenvalue weighted by Gasteiger charge is 2.41. The van der Waals surface area contributed by atoms with Crippen molar-refractivity contribution in [3.63, 3.8) is 0 Å². The topological polar surface area (TPSA) is 46.5 Å². The van der Waals surface area contributed by atoms with E-state index in [0.29, 0.717) is 17.5 Å². The normalized spacial score (nSPS) is 15.7. The zero-order chi connectivity index (χ0) is 22.0. The van der Waals surface area contributed by atoms with Crippen molar-refractivity contribution in [2.75, 3.05) is 27.7 Å². The van der Waals surface area contributed by atoms with Gasteiger partial charge in [-0.2, -0.15) is 0 Å². The molecule has 0 aliphatic carbocycles. The van der Waals surface area contributed by atoms with Crippen LogP contribution >= 0.6 is 7.60 Å². The van der Waals surface area contributed by atoms with Crippen LogP contribution in [0.1, 0.15) is 110 Å². The Hall–Kier alpha value is -0.150. The summed E-state index contributed by atoms with van der Waals surface area (Å²) in [4.78, 5) is 10.2. The Morgan fingerprint density at radius 2 is 1.24 bits per heavy atom. The standard InChI is InChI=1S/C24H50NO3P/c1-6-8-9-10-11-12-13-14-15-16-17-18-19-20-21-22-23-28-29(26,27)24(7-2)25(3,4)5/h13-14,24H,6-12,15-23H2,1-5H3/p+1. The van der Waals surface area contributed by atoms with Gasteiger partial charge in [0.1, 0.15) is 0 Å². The van der Waals surface area contributed by atoms with E-state index >= 15 is 0 Å². The molecule has 0 aromatic carbocycles. The highest BCUT2D eigenvalue weighted by Crippen LogP contribution is 2.51. The van der Waals surface area contributed by atoms with Crippen molar-refractivity contribution in [1.82, 2.24) is 0 Å².